The van der Waals surface area contributed by atoms with Crippen LogP contribution >= 0.6 is 15.9 Å². The zero-order chi connectivity index (χ0) is 14.1. The topological polar surface area (TPSA) is 43.1 Å². The lowest BCUT2D eigenvalue weighted by Crippen LogP contribution is -2.08. The second kappa shape index (κ2) is 5.41. The molecule has 2 aromatic carbocycles. The van der Waals surface area contributed by atoms with Gasteiger partial charge in [0.05, 0.1) is 4.47 Å². The Morgan fingerprint density at radius 3 is 2.60 bits per heavy atom. The van der Waals surface area contributed by atoms with Crippen molar-refractivity contribution in [2.24, 2.45) is 0 Å². The number of rotatable bonds is 2. The van der Waals surface area contributed by atoms with Gasteiger partial charge in [0.2, 0.25) is 0 Å². The first-order valence-electron chi connectivity index (χ1n) is 6.87. The number of halogens is 1. The molecule has 3 heteroatoms. The average molecular weight is 330 g/mol. The first-order valence-corrected chi connectivity index (χ1v) is 7.66. The number of carbonyl (C=O) groups is 1. The molecule has 0 radical (unpaired) electrons. The number of benzene rings is 2. The number of anilines is 1. The van der Waals surface area contributed by atoms with E-state index < -0.39 is 0 Å². The molecule has 0 heterocycles. The highest BCUT2D eigenvalue weighted by atomic mass is 79.9. The lowest BCUT2D eigenvalue weighted by molar-refractivity contribution is 0.103. The molecule has 0 fully saturated rings. The van der Waals surface area contributed by atoms with Crippen LogP contribution < -0.4 is 5.73 Å². The monoisotopic (exact) mass is 329 g/mol. The molecule has 2 nitrogen and oxygen atoms in total. The summed E-state index contributed by atoms with van der Waals surface area (Å²) in [5.74, 6) is 0.0255. The predicted octanol–water partition coefficient (Wildman–Crippen LogP) is 4.14. The summed E-state index contributed by atoms with van der Waals surface area (Å²) in [6, 6.07) is 11.5. The highest BCUT2D eigenvalue weighted by Crippen LogP contribution is 2.28. The molecule has 20 heavy (non-hydrogen) atoms. The second-order valence-electron chi connectivity index (χ2n) is 5.23. The molecule has 2 aromatic rings. The van der Waals surface area contributed by atoms with Gasteiger partial charge in [0.1, 0.15) is 0 Å². The Bertz CT molecular complexity index is 679. The van der Waals surface area contributed by atoms with Gasteiger partial charge in [-0.05, 0) is 70.9 Å². The van der Waals surface area contributed by atoms with Crippen LogP contribution in [0.2, 0.25) is 0 Å². The number of carbonyl (C=O) groups excluding carboxylic acids is 1. The lowest BCUT2D eigenvalue weighted by atomic mass is 9.89. The molecule has 1 aliphatic rings. The third-order valence-electron chi connectivity index (χ3n) is 3.88. The number of hydrogen-bond donors (Lipinski definition) is 1. The molecular weight excluding hydrogens is 314 g/mol. The van der Waals surface area contributed by atoms with Crippen LogP contribution in [0.3, 0.4) is 0 Å². The van der Waals surface area contributed by atoms with Crippen LogP contribution in [0.15, 0.2) is 40.9 Å². The van der Waals surface area contributed by atoms with Crippen LogP contribution in [-0.2, 0) is 12.8 Å². The number of ketones is 1. The van der Waals surface area contributed by atoms with Gasteiger partial charge in [-0.3, -0.25) is 4.79 Å². The maximum absolute atomic E-state index is 12.6. The SMILES string of the molecule is Nc1cccc(C(=O)c2ccc3c(c2)CCCC3)c1Br. The Morgan fingerprint density at radius 1 is 1.05 bits per heavy atom. The van der Waals surface area contributed by atoms with Crippen molar-refractivity contribution < 1.29 is 4.79 Å². The molecule has 0 bridgehead atoms. The molecule has 0 aromatic heterocycles. The number of nitrogen functional groups attached to an aromatic ring is 1. The van der Waals surface area contributed by atoms with Crippen LogP contribution in [0.4, 0.5) is 5.69 Å². The zero-order valence-electron chi connectivity index (χ0n) is 11.2. The fourth-order valence-corrected chi connectivity index (χ4v) is 3.20. The number of hydrogen-bond acceptors (Lipinski definition) is 2. The van der Waals surface area contributed by atoms with E-state index in [4.69, 9.17) is 5.73 Å². The fraction of sp³-hybridized carbons (Fsp3) is 0.235. The van der Waals surface area contributed by atoms with Gasteiger partial charge < -0.3 is 5.73 Å². The first-order chi connectivity index (χ1) is 9.66. The van der Waals surface area contributed by atoms with Crippen LogP contribution in [0.1, 0.15) is 39.9 Å². The third kappa shape index (κ3) is 2.38. The van der Waals surface area contributed by atoms with E-state index in [1.807, 2.05) is 24.3 Å². The molecule has 0 atom stereocenters. The number of fused-ring (bicyclic) bond motifs is 1. The fourth-order valence-electron chi connectivity index (χ4n) is 2.76. The summed E-state index contributed by atoms with van der Waals surface area (Å²) in [6.07, 6.45) is 4.67. The van der Waals surface area contributed by atoms with Gasteiger partial charge in [-0.15, -0.1) is 0 Å². The summed E-state index contributed by atoms with van der Waals surface area (Å²) >= 11 is 3.41. The Hall–Kier alpha value is -1.61. The van der Waals surface area contributed by atoms with Crippen molar-refractivity contribution in [3.8, 4) is 0 Å². The van der Waals surface area contributed by atoms with Crippen molar-refractivity contribution >= 4 is 27.4 Å². The summed E-state index contributed by atoms with van der Waals surface area (Å²) in [7, 11) is 0. The summed E-state index contributed by atoms with van der Waals surface area (Å²) in [4.78, 5) is 12.6. The molecule has 0 unspecified atom stereocenters. The molecular formula is C17H16BrNO. The Kier molecular flexibility index (Phi) is 3.62. The molecule has 102 valence electrons. The first kappa shape index (κ1) is 13.4. The average Bonchev–Trinajstić information content (AvgIpc) is 2.49. The van der Waals surface area contributed by atoms with E-state index in [0.29, 0.717) is 15.7 Å². The van der Waals surface area contributed by atoms with Crippen molar-refractivity contribution in [3.63, 3.8) is 0 Å². The quantitative estimate of drug-likeness (QED) is 0.664. The largest absolute Gasteiger partial charge is 0.398 e. The van der Waals surface area contributed by atoms with Gasteiger partial charge in [-0.2, -0.15) is 0 Å². The van der Waals surface area contributed by atoms with Gasteiger partial charge in [0, 0.05) is 16.8 Å². The second-order valence-corrected chi connectivity index (χ2v) is 6.02. The summed E-state index contributed by atoms with van der Waals surface area (Å²) in [6.45, 7) is 0. The van der Waals surface area contributed by atoms with Gasteiger partial charge in [0.25, 0.3) is 0 Å². The molecule has 0 spiro atoms. The van der Waals surface area contributed by atoms with E-state index in [1.54, 1.807) is 6.07 Å². The van der Waals surface area contributed by atoms with E-state index in [1.165, 1.54) is 24.0 Å². The van der Waals surface area contributed by atoms with Crippen LogP contribution in [0.5, 0.6) is 0 Å². The summed E-state index contributed by atoms with van der Waals surface area (Å²) in [5.41, 5.74) is 10.5. The van der Waals surface area contributed by atoms with E-state index in [-0.39, 0.29) is 5.78 Å². The maximum atomic E-state index is 12.6. The third-order valence-corrected chi connectivity index (χ3v) is 4.77. The van der Waals surface area contributed by atoms with E-state index in [2.05, 4.69) is 22.0 Å². The van der Waals surface area contributed by atoms with Crippen molar-refractivity contribution in [1.29, 1.82) is 0 Å². The normalized spacial score (nSPS) is 13.8. The molecule has 0 saturated heterocycles. The Labute approximate surface area is 127 Å². The van der Waals surface area contributed by atoms with Crippen molar-refractivity contribution in [1.82, 2.24) is 0 Å². The zero-order valence-corrected chi connectivity index (χ0v) is 12.7. The van der Waals surface area contributed by atoms with Gasteiger partial charge in [0.15, 0.2) is 5.78 Å². The highest BCUT2D eigenvalue weighted by molar-refractivity contribution is 9.10. The molecule has 3 rings (SSSR count). The minimum absolute atomic E-state index is 0.0255. The Balaban J connectivity index is 2.00. The minimum Gasteiger partial charge on any atom is -0.398 e. The lowest BCUT2D eigenvalue weighted by Gasteiger charge is -2.16. The molecule has 2 N–H and O–H groups in total. The number of aryl methyl sites for hydroxylation is 2. The van der Waals surface area contributed by atoms with Crippen molar-refractivity contribution in [2.75, 3.05) is 5.73 Å². The van der Waals surface area contributed by atoms with Crippen molar-refractivity contribution in [3.05, 3.63) is 63.1 Å². The molecule has 0 saturated carbocycles. The van der Waals surface area contributed by atoms with Gasteiger partial charge in [-0.1, -0.05) is 18.2 Å². The standard InChI is InChI=1S/C17H16BrNO/c18-16-14(6-3-7-15(16)19)17(20)13-9-8-11-4-1-2-5-12(11)10-13/h3,6-10H,1-2,4-5,19H2. The van der Waals surface area contributed by atoms with Crippen molar-refractivity contribution in [2.45, 2.75) is 25.7 Å². The van der Waals surface area contributed by atoms with Crippen LogP contribution in [0.25, 0.3) is 0 Å². The van der Waals surface area contributed by atoms with E-state index in [0.717, 1.165) is 18.4 Å². The highest BCUT2D eigenvalue weighted by Gasteiger charge is 2.16. The number of nitrogens with two attached hydrogens (primary N) is 1. The van der Waals surface area contributed by atoms with Crippen LogP contribution in [0, 0.1) is 0 Å². The summed E-state index contributed by atoms with van der Waals surface area (Å²) in [5, 5.41) is 0. The Morgan fingerprint density at radius 2 is 1.80 bits per heavy atom. The predicted molar refractivity (Wildman–Crippen MR) is 85.1 cm³/mol. The van der Waals surface area contributed by atoms with Crippen LogP contribution in [-0.4, -0.2) is 5.78 Å². The molecule has 0 amide bonds. The minimum atomic E-state index is 0.0255. The maximum Gasteiger partial charge on any atom is 0.194 e. The summed E-state index contributed by atoms with van der Waals surface area (Å²) < 4.78 is 0.683. The van der Waals surface area contributed by atoms with E-state index >= 15 is 0 Å². The molecule has 1 aliphatic carbocycles. The van der Waals surface area contributed by atoms with Gasteiger partial charge in [-0.25, -0.2) is 0 Å². The van der Waals surface area contributed by atoms with Gasteiger partial charge >= 0.3 is 0 Å². The molecule has 0 aliphatic heterocycles. The van der Waals surface area contributed by atoms with E-state index in [9.17, 15) is 4.79 Å². The smallest absolute Gasteiger partial charge is 0.194 e.